The molecule has 1 spiro atoms. The van der Waals surface area contributed by atoms with Gasteiger partial charge in [-0.1, -0.05) is 30.3 Å². The molecule has 2 aromatic carbocycles. The number of likely N-dealkylation sites (tertiary alicyclic amines) is 1. The second kappa shape index (κ2) is 9.52. The summed E-state index contributed by atoms with van der Waals surface area (Å²) in [6.07, 6.45) is 5.05. The van der Waals surface area contributed by atoms with Crippen LogP contribution in [0.1, 0.15) is 31.2 Å². The normalized spacial score (nSPS) is 20.7. The van der Waals surface area contributed by atoms with Crippen LogP contribution in [-0.2, 0) is 16.0 Å². The summed E-state index contributed by atoms with van der Waals surface area (Å²) in [6.45, 7) is 2.39. The van der Waals surface area contributed by atoms with Gasteiger partial charge in [0, 0.05) is 19.7 Å². The van der Waals surface area contributed by atoms with Crippen LogP contribution in [0.4, 0.5) is 0 Å². The fourth-order valence-electron chi connectivity index (χ4n) is 4.66. The van der Waals surface area contributed by atoms with Crippen LogP contribution >= 0.6 is 0 Å². The lowest BCUT2D eigenvalue weighted by Gasteiger charge is -2.46. The molecule has 0 N–H and O–H groups in total. The highest BCUT2D eigenvalue weighted by Gasteiger charge is 2.41. The Balaban J connectivity index is 1.27. The molecule has 2 heterocycles. The Morgan fingerprint density at radius 1 is 1.07 bits per heavy atom. The van der Waals surface area contributed by atoms with Crippen molar-refractivity contribution in [2.75, 3.05) is 33.4 Å². The number of benzene rings is 2. The van der Waals surface area contributed by atoms with E-state index in [0.29, 0.717) is 5.92 Å². The Morgan fingerprint density at radius 2 is 1.80 bits per heavy atom. The van der Waals surface area contributed by atoms with Crippen molar-refractivity contribution in [1.29, 1.82) is 0 Å². The first-order chi connectivity index (χ1) is 14.7. The van der Waals surface area contributed by atoms with Gasteiger partial charge in [-0.05, 0) is 67.9 Å². The third kappa shape index (κ3) is 5.14. The van der Waals surface area contributed by atoms with Gasteiger partial charge in [-0.2, -0.15) is 0 Å². The van der Waals surface area contributed by atoms with Gasteiger partial charge < -0.3 is 19.1 Å². The van der Waals surface area contributed by atoms with E-state index in [0.717, 1.165) is 63.3 Å². The van der Waals surface area contributed by atoms with E-state index in [-0.39, 0.29) is 18.1 Å². The summed E-state index contributed by atoms with van der Waals surface area (Å²) in [6, 6.07) is 17.9. The summed E-state index contributed by atoms with van der Waals surface area (Å²) in [5, 5.41) is 0. The first-order valence-corrected chi connectivity index (χ1v) is 10.9. The van der Waals surface area contributed by atoms with Gasteiger partial charge in [-0.25, -0.2) is 0 Å². The number of methoxy groups -OCH3 is 1. The lowest BCUT2D eigenvalue weighted by Crippen LogP contribution is -2.51. The minimum atomic E-state index is -0.0769. The van der Waals surface area contributed by atoms with E-state index in [1.165, 1.54) is 5.56 Å². The molecule has 4 rings (SSSR count). The van der Waals surface area contributed by atoms with E-state index in [1.54, 1.807) is 7.11 Å². The lowest BCUT2D eigenvalue weighted by molar-refractivity contribution is -0.148. The van der Waals surface area contributed by atoms with Crippen molar-refractivity contribution >= 4 is 5.91 Å². The van der Waals surface area contributed by atoms with E-state index < -0.39 is 0 Å². The number of hydrogen-bond donors (Lipinski definition) is 0. The molecule has 5 heteroatoms. The molecule has 2 aliphatic heterocycles. The molecule has 0 aromatic heterocycles. The molecule has 1 atom stereocenters. The largest absolute Gasteiger partial charge is 0.497 e. The molecule has 30 heavy (non-hydrogen) atoms. The van der Waals surface area contributed by atoms with Crippen LogP contribution in [-0.4, -0.2) is 49.8 Å². The predicted molar refractivity (Wildman–Crippen MR) is 116 cm³/mol. The maximum absolute atomic E-state index is 12.6. The average molecular weight is 410 g/mol. The highest BCUT2D eigenvalue weighted by molar-refractivity contribution is 5.77. The van der Waals surface area contributed by atoms with Crippen LogP contribution < -0.4 is 9.47 Å². The third-order valence-electron chi connectivity index (χ3n) is 6.41. The monoisotopic (exact) mass is 409 g/mol. The number of carbonyl (C=O) groups is 1. The van der Waals surface area contributed by atoms with E-state index in [4.69, 9.17) is 14.2 Å². The van der Waals surface area contributed by atoms with Crippen molar-refractivity contribution in [3.05, 3.63) is 60.2 Å². The Morgan fingerprint density at radius 3 is 2.50 bits per heavy atom. The van der Waals surface area contributed by atoms with E-state index in [2.05, 4.69) is 12.1 Å². The quantitative estimate of drug-likeness (QED) is 0.721. The summed E-state index contributed by atoms with van der Waals surface area (Å²) in [4.78, 5) is 14.5. The van der Waals surface area contributed by atoms with Gasteiger partial charge in [0.05, 0.1) is 12.7 Å². The predicted octanol–water partition coefficient (Wildman–Crippen LogP) is 4.10. The summed E-state index contributed by atoms with van der Waals surface area (Å²) in [5.41, 5.74) is 1.27. The molecule has 2 aliphatic rings. The molecule has 2 saturated heterocycles. The van der Waals surface area contributed by atoms with Gasteiger partial charge in [0.25, 0.3) is 5.91 Å². The number of hydrogen-bond acceptors (Lipinski definition) is 4. The number of nitrogens with zero attached hydrogens (tertiary/aromatic N) is 1. The molecule has 0 bridgehead atoms. The first-order valence-electron chi connectivity index (χ1n) is 10.9. The highest BCUT2D eigenvalue weighted by Crippen LogP contribution is 2.39. The molecular formula is C25H31NO4. The average Bonchev–Trinajstić information content (AvgIpc) is 2.79. The molecule has 2 aromatic rings. The van der Waals surface area contributed by atoms with Gasteiger partial charge >= 0.3 is 0 Å². The molecule has 1 unspecified atom stereocenters. The van der Waals surface area contributed by atoms with Gasteiger partial charge in [0.2, 0.25) is 0 Å². The lowest BCUT2D eigenvalue weighted by atomic mass is 9.77. The van der Waals surface area contributed by atoms with E-state index >= 15 is 0 Å². The summed E-state index contributed by atoms with van der Waals surface area (Å²) in [5.74, 6) is 2.31. The van der Waals surface area contributed by atoms with Crippen LogP contribution in [0.5, 0.6) is 11.5 Å². The third-order valence-corrected chi connectivity index (χ3v) is 6.41. The SMILES string of the molecule is COc1ccc(CC2CCOC3(CCN(C(=O)COc4ccccc4)CC3)C2)cc1. The second-order valence-electron chi connectivity index (χ2n) is 8.43. The van der Waals surface area contributed by atoms with E-state index in [9.17, 15) is 4.79 Å². The van der Waals surface area contributed by atoms with Crippen molar-refractivity contribution in [2.45, 2.75) is 37.7 Å². The Hall–Kier alpha value is -2.53. The smallest absolute Gasteiger partial charge is 0.260 e. The van der Waals surface area contributed by atoms with Crippen molar-refractivity contribution in [2.24, 2.45) is 5.92 Å². The molecule has 0 radical (unpaired) electrons. The molecule has 5 nitrogen and oxygen atoms in total. The maximum atomic E-state index is 12.6. The molecule has 0 aliphatic carbocycles. The summed E-state index contributed by atoms with van der Waals surface area (Å²) < 4.78 is 17.2. The van der Waals surface area contributed by atoms with Crippen molar-refractivity contribution in [3.8, 4) is 11.5 Å². The fourth-order valence-corrected chi connectivity index (χ4v) is 4.66. The van der Waals surface area contributed by atoms with Crippen LogP contribution in [0.15, 0.2) is 54.6 Å². The van der Waals surface area contributed by atoms with Gasteiger partial charge in [0.1, 0.15) is 11.5 Å². The number of amides is 1. The Labute approximate surface area is 178 Å². The van der Waals surface area contributed by atoms with Gasteiger partial charge in [-0.15, -0.1) is 0 Å². The van der Waals surface area contributed by atoms with Crippen LogP contribution in [0, 0.1) is 5.92 Å². The number of ether oxygens (including phenoxy) is 3. The van der Waals surface area contributed by atoms with Gasteiger partial charge in [-0.3, -0.25) is 4.79 Å². The Kier molecular flexibility index (Phi) is 6.58. The minimum Gasteiger partial charge on any atom is -0.497 e. The zero-order valence-electron chi connectivity index (χ0n) is 17.7. The first kappa shape index (κ1) is 20.7. The summed E-state index contributed by atoms with van der Waals surface area (Å²) >= 11 is 0. The van der Waals surface area contributed by atoms with Crippen molar-refractivity contribution < 1.29 is 19.0 Å². The van der Waals surface area contributed by atoms with Crippen LogP contribution in [0.2, 0.25) is 0 Å². The number of piperidine rings is 1. The molecular weight excluding hydrogens is 378 g/mol. The van der Waals surface area contributed by atoms with Crippen LogP contribution in [0.3, 0.4) is 0 Å². The summed E-state index contributed by atoms with van der Waals surface area (Å²) in [7, 11) is 1.70. The van der Waals surface area contributed by atoms with E-state index in [1.807, 2.05) is 47.4 Å². The molecule has 160 valence electrons. The maximum Gasteiger partial charge on any atom is 0.260 e. The zero-order chi connectivity index (χ0) is 20.8. The number of para-hydroxylation sites is 1. The van der Waals surface area contributed by atoms with Crippen molar-refractivity contribution in [3.63, 3.8) is 0 Å². The molecule has 2 fully saturated rings. The number of rotatable bonds is 6. The van der Waals surface area contributed by atoms with Crippen molar-refractivity contribution in [1.82, 2.24) is 4.90 Å². The topological polar surface area (TPSA) is 48.0 Å². The Bertz CT molecular complexity index is 813. The zero-order valence-corrected chi connectivity index (χ0v) is 17.7. The standard InChI is InChI=1S/C25H31NO4/c1-28-22-9-7-20(8-10-22)17-21-11-16-30-25(18-21)12-14-26(15-13-25)24(27)19-29-23-5-3-2-4-6-23/h2-10,21H,11-19H2,1H3. The number of carbonyl (C=O) groups excluding carboxylic acids is 1. The van der Waals surface area contributed by atoms with Gasteiger partial charge in [0.15, 0.2) is 6.61 Å². The fraction of sp³-hybridized carbons (Fsp3) is 0.480. The molecule has 1 amide bonds. The molecule has 0 saturated carbocycles. The highest BCUT2D eigenvalue weighted by atomic mass is 16.5. The minimum absolute atomic E-state index is 0.0549. The second-order valence-corrected chi connectivity index (χ2v) is 8.43. The van der Waals surface area contributed by atoms with Crippen LogP contribution in [0.25, 0.3) is 0 Å².